The third-order valence-electron chi connectivity index (χ3n) is 5.73. The largest absolute Gasteiger partial charge is 0.357 e. The maximum atomic E-state index is 12.4. The van der Waals surface area contributed by atoms with Crippen LogP contribution < -0.4 is 10.0 Å². The van der Waals surface area contributed by atoms with Crippen molar-refractivity contribution in [2.75, 3.05) is 32.7 Å². The molecule has 0 aromatic heterocycles. The van der Waals surface area contributed by atoms with Gasteiger partial charge < -0.3 is 10.2 Å². The van der Waals surface area contributed by atoms with Crippen LogP contribution in [0.2, 0.25) is 0 Å². The van der Waals surface area contributed by atoms with Crippen molar-refractivity contribution in [1.82, 2.24) is 14.9 Å². The molecule has 0 bridgehead atoms. The average molecular weight is 520 g/mol. The number of hydrogen-bond acceptors (Lipinski definition) is 3. The molecular weight excluding hydrogens is 487 g/mol. The van der Waals surface area contributed by atoms with Crippen molar-refractivity contribution in [1.29, 1.82) is 0 Å². The van der Waals surface area contributed by atoms with Crippen molar-refractivity contribution in [2.45, 2.75) is 50.8 Å². The van der Waals surface area contributed by atoms with Gasteiger partial charge in [-0.15, -0.1) is 24.0 Å². The molecule has 2 fully saturated rings. The lowest BCUT2D eigenvalue weighted by Crippen LogP contribution is -2.41. The minimum Gasteiger partial charge on any atom is -0.357 e. The van der Waals surface area contributed by atoms with Gasteiger partial charge in [0.1, 0.15) is 0 Å². The molecule has 0 amide bonds. The molecule has 2 N–H and O–H groups in total. The van der Waals surface area contributed by atoms with Gasteiger partial charge >= 0.3 is 0 Å². The monoisotopic (exact) mass is 520 g/mol. The summed E-state index contributed by atoms with van der Waals surface area (Å²) in [6.45, 7) is 7.67. The van der Waals surface area contributed by atoms with Gasteiger partial charge in [0, 0.05) is 26.2 Å². The van der Waals surface area contributed by atoms with Gasteiger partial charge in [0.05, 0.1) is 11.4 Å². The van der Waals surface area contributed by atoms with Crippen LogP contribution in [0.1, 0.15) is 44.6 Å². The number of nitrogens with zero attached hydrogens (tertiary/aromatic N) is 2. The Bertz CT molecular complexity index is 759. The van der Waals surface area contributed by atoms with Gasteiger partial charge in [-0.25, -0.2) is 13.1 Å². The molecule has 0 radical (unpaired) electrons. The van der Waals surface area contributed by atoms with E-state index in [1.807, 2.05) is 19.1 Å². The van der Waals surface area contributed by atoms with E-state index in [0.29, 0.717) is 23.4 Å². The van der Waals surface area contributed by atoms with Crippen molar-refractivity contribution >= 4 is 40.0 Å². The van der Waals surface area contributed by atoms with Crippen molar-refractivity contribution in [3.63, 3.8) is 0 Å². The first-order chi connectivity index (χ1) is 12.9. The molecule has 1 aliphatic heterocycles. The molecule has 1 spiro atoms. The molecule has 6 nitrogen and oxygen atoms in total. The van der Waals surface area contributed by atoms with Gasteiger partial charge in [-0.05, 0) is 50.7 Å². The summed E-state index contributed by atoms with van der Waals surface area (Å²) in [5.41, 5.74) is 1.53. The van der Waals surface area contributed by atoms with E-state index in [9.17, 15) is 8.42 Å². The normalized spacial score (nSPS) is 19.1. The molecule has 1 aromatic rings. The Morgan fingerprint density at radius 2 is 1.86 bits per heavy atom. The first-order valence-corrected chi connectivity index (χ1v) is 11.5. The van der Waals surface area contributed by atoms with E-state index in [1.165, 1.54) is 32.1 Å². The van der Waals surface area contributed by atoms with Gasteiger partial charge in [0.15, 0.2) is 5.96 Å². The molecule has 28 heavy (non-hydrogen) atoms. The molecule has 158 valence electrons. The molecule has 2 aliphatic rings. The van der Waals surface area contributed by atoms with Gasteiger partial charge in [-0.3, -0.25) is 4.99 Å². The van der Waals surface area contributed by atoms with E-state index in [4.69, 9.17) is 0 Å². The van der Waals surface area contributed by atoms with Crippen molar-refractivity contribution in [2.24, 2.45) is 10.4 Å². The lowest BCUT2D eigenvalue weighted by atomic mass is 9.86. The van der Waals surface area contributed by atoms with Gasteiger partial charge in [0.2, 0.25) is 10.0 Å². The first-order valence-electron chi connectivity index (χ1n) is 10.0. The van der Waals surface area contributed by atoms with Crippen LogP contribution >= 0.6 is 24.0 Å². The number of sulfonamides is 1. The summed E-state index contributed by atoms with van der Waals surface area (Å²) < 4.78 is 27.4. The zero-order valence-electron chi connectivity index (χ0n) is 16.9. The van der Waals surface area contributed by atoms with Gasteiger partial charge in [0.25, 0.3) is 0 Å². The molecule has 0 atom stereocenters. The van der Waals surface area contributed by atoms with Crippen LogP contribution in [-0.2, 0) is 10.0 Å². The molecule has 0 unspecified atom stereocenters. The predicted octanol–water partition coefficient (Wildman–Crippen LogP) is 3.12. The summed E-state index contributed by atoms with van der Waals surface area (Å²) in [5.74, 6) is 0.913. The number of likely N-dealkylation sites (tertiary alicyclic amines) is 1. The Balaban J connectivity index is 0.00000280. The Morgan fingerprint density at radius 1 is 1.18 bits per heavy atom. The zero-order chi connectivity index (χ0) is 19.3. The summed E-state index contributed by atoms with van der Waals surface area (Å²) in [5, 5.41) is 3.37. The summed E-state index contributed by atoms with van der Waals surface area (Å²) in [4.78, 5) is 7.31. The molecule has 1 aromatic carbocycles. The highest BCUT2D eigenvalue weighted by atomic mass is 127. The summed E-state index contributed by atoms with van der Waals surface area (Å²) in [6.07, 6.45) is 6.61. The van der Waals surface area contributed by atoms with E-state index >= 15 is 0 Å². The maximum Gasteiger partial charge on any atom is 0.240 e. The Hall–Kier alpha value is -0.870. The summed E-state index contributed by atoms with van der Waals surface area (Å²) in [6, 6.07) is 6.89. The number of rotatable bonds is 6. The topological polar surface area (TPSA) is 73.8 Å². The average Bonchev–Trinajstić information content (AvgIpc) is 3.28. The highest BCUT2D eigenvalue weighted by Crippen LogP contribution is 2.45. The molecule has 1 aliphatic carbocycles. The van der Waals surface area contributed by atoms with Crippen LogP contribution in [0.4, 0.5) is 0 Å². The fraction of sp³-hybridized carbons (Fsp3) is 0.650. The van der Waals surface area contributed by atoms with Crippen molar-refractivity contribution in [3.8, 4) is 0 Å². The minimum atomic E-state index is -3.48. The standard InChI is InChI=1S/C20H32N4O2S.HI/c1-3-21-19(24-15-12-20(16-24)10-4-5-11-20)22-13-14-23-27(25,26)18-8-6-17(2)7-9-18;/h6-9,23H,3-5,10-16H2,1-2H3,(H,21,22);1H. The van der Waals surface area contributed by atoms with Crippen molar-refractivity contribution in [3.05, 3.63) is 29.8 Å². The quantitative estimate of drug-likeness (QED) is 0.262. The summed E-state index contributed by atoms with van der Waals surface area (Å²) >= 11 is 0. The van der Waals surface area contributed by atoms with Crippen LogP contribution in [0, 0.1) is 12.3 Å². The van der Waals surface area contributed by atoms with Crippen LogP contribution in [0.25, 0.3) is 0 Å². The smallest absolute Gasteiger partial charge is 0.240 e. The van der Waals surface area contributed by atoms with Crippen LogP contribution in [0.5, 0.6) is 0 Å². The van der Waals surface area contributed by atoms with Crippen LogP contribution in [-0.4, -0.2) is 52.0 Å². The van der Waals surface area contributed by atoms with Crippen LogP contribution in [0.15, 0.2) is 34.2 Å². The predicted molar refractivity (Wildman–Crippen MR) is 125 cm³/mol. The second-order valence-corrected chi connectivity index (χ2v) is 9.59. The lowest BCUT2D eigenvalue weighted by Gasteiger charge is -2.26. The number of aryl methyl sites for hydroxylation is 1. The van der Waals surface area contributed by atoms with Crippen LogP contribution in [0.3, 0.4) is 0 Å². The number of hydrogen-bond donors (Lipinski definition) is 2. The third-order valence-corrected chi connectivity index (χ3v) is 7.21. The minimum absolute atomic E-state index is 0. The Morgan fingerprint density at radius 3 is 2.50 bits per heavy atom. The van der Waals surface area contributed by atoms with E-state index in [1.54, 1.807) is 12.1 Å². The van der Waals surface area contributed by atoms with E-state index in [2.05, 4.69) is 26.9 Å². The highest BCUT2D eigenvalue weighted by molar-refractivity contribution is 14.0. The lowest BCUT2D eigenvalue weighted by molar-refractivity contribution is 0.309. The van der Waals surface area contributed by atoms with Gasteiger partial charge in [-0.2, -0.15) is 0 Å². The Labute approximate surface area is 186 Å². The highest BCUT2D eigenvalue weighted by Gasteiger charge is 2.41. The molecule has 1 heterocycles. The second-order valence-electron chi connectivity index (χ2n) is 7.83. The number of nitrogens with one attached hydrogen (secondary N) is 2. The third kappa shape index (κ3) is 5.82. The first kappa shape index (κ1) is 23.4. The SMILES string of the molecule is CCNC(=NCCNS(=O)(=O)c1ccc(C)cc1)N1CCC2(CCCC2)C1.I. The Kier molecular flexibility index (Phi) is 8.57. The molecular formula is C20H33IN4O2S. The van der Waals surface area contributed by atoms with E-state index in [0.717, 1.165) is 31.2 Å². The fourth-order valence-electron chi connectivity index (χ4n) is 4.22. The molecule has 1 saturated heterocycles. The molecule has 8 heteroatoms. The van der Waals surface area contributed by atoms with Gasteiger partial charge in [-0.1, -0.05) is 30.5 Å². The van der Waals surface area contributed by atoms with E-state index < -0.39 is 10.0 Å². The number of benzene rings is 1. The number of halogens is 1. The zero-order valence-corrected chi connectivity index (χ0v) is 20.1. The summed E-state index contributed by atoms with van der Waals surface area (Å²) in [7, 11) is -3.48. The van der Waals surface area contributed by atoms with Crippen molar-refractivity contribution < 1.29 is 8.42 Å². The molecule has 1 saturated carbocycles. The maximum absolute atomic E-state index is 12.4. The fourth-order valence-corrected chi connectivity index (χ4v) is 5.24. The molecule has 3 rings (SSSR count). The number of aliphatic imine (C=N–C) groups is 1. The second kappa shape index (κ2) is 10.2. The number of guanidine groups is 1. The van der Waals surface area contributed by atoms with E-state index in [-0.39, 0.29) is 24.0 Å².